The van der Waals surface area contributed by atoms with Crippen molar-refractivity contribution in [1.29, 1.82) is 0 Å². The molecule has 2 atom stereocenters. The first kappa shape index (κ1) is 12.7. The second kappa shape index (κ2) is 6.84. The molecule has 2 aliphatic rings. The van der Waals surface area contributed by atoms with E-state index in [1.807, 2.05) is 0 Å². The van der Waals surface area contributed by atoms with Crippen LogP contribution >= 0.6 is 11.8 Å². The summed E-state index contributed by atoms with van der Waals surface area (Å²) < 4.78 is 5.36. The molecule has 2 aliphatic heterocycles. The summed E-state index contributed by atoms with van der Waals surface area (Å²) in [5.74, 6) is 3.64. The predicted octanol–water partition coefficient (Wildman–Crippen LogP) is 1.05. The fraction of sp³-hybridized carbons (Fsp3) is 1.00. The molecule has 0 aromatic heterocycles. The minimum Gasteiger partial charge on any atom is -0.379 e. The van der Waals surface area contributed by atoms with E-state index in [9.17, 15) is 0 Å². The molecular weight excluding hydrogens is 220 g/mol. The highest BCUT2D eigenvalue weighted by Crippen LogP contribution is 2.22. The van der Waals surface area contributed by atoms with Gasteiger partial charge >= 0.3 is 0 Å². The molecule has 0 spiro atoms. The Bertz CT molecular complexity index is 191. The average Bonchev–Trinajstić information content (AvgIpc) is 2.81. The lowest BCUT2D eigenvalue weighted by atomic mass is 10.1. The van der Waals surface area contributed by atoms with Crippen molar-refractivity contribution >= 4 is 11.8 Å². The molecule has 2 heterocycles. The van der Waals surface area contributed by atoms with Crippen LogP contribution in [0.15, 0.2) is 0 Å². The van der Waals surface area contributed by atoms with Crippen molar-refractivity contribution in [2.75, 3.05) is 50.9 Å². The van der Waals surface area contributed by atoms with E-state index in [2.05, 4.69) is 28.9 Å². The molecule has 2 fully saturated rings. The van der Waals surface area contributed by atoms with Gasteiger partial charge in [-0.05, 0) is 37.3 Å². The first-order valence-corrected chi connectivity index (χ1v) is 7.61. The maximum absolute atomic E-state index is 5.36. The van der Waals surface area contributed by atoms with Gasteiger partial charge < -0.3 is 10.1 Å². The Morgan fingerprint density at radius 2 is 2.25 bits per heavy atom. The van der Waals surface area contributed by atoms with Crippen LogP contribution in [0, 0.1) is 5.92 Å². The molecule has 2 saturated heterocycles. The molecule has 1 N–H and O–H groups in total. The van der Waals surface area contributed by atoms with E-state index in [1.165, 1.54) is 31.0 Å². The summed E-state index contributed by atoms with van der Waals surface area (Å²) in [6, 6.07) is 0.615. The topological polar surface area (TPSA) is 24.5 Å². The van der Waals surface area contributed by atoms with Crippen LogP contribution in [0.25, 0.3) is 0 Å². The van der Waals surface area contributed by atoms with Crippen molar-refractivity contribution in [3.05, 3.63) is 0 Å². The molecule has 0 bridgehead atoms. The number of hydrogen-bond donors (Lipinski definition) is 1. The summed E-state index contributed by atoms with van der Waals surface area (Å²) in [5, 5.41) is 3.68. The Hall–Kier alpha value is 0.230. The van der Waals surface area contributed by atoms with E-state index in [4.69, 9.17) is 4.74 Å². The van der Waals surface area contributed by atoms with Crippen LogP contribution in [0.1, 0.15) is 13.3 Å². The van der Waals surface area contributed by atoms with Crippen molar-refractivity contribution in [2.24, 2.45) is 5.92 Å². The van der Waals surface area contributed by atoms with Gasteiger partial charge in [0.2, 0.25) is 0 Å². The monoisotopic (exact) mass is 244 g/mol. The second-order valence-electron chi connectivity index (χ2n) is 4.95. The van der Waals surface area contributed by atoms with Crippen LogP contribution in [0.4, 0.5) is 0 Å². The van der Waals surface area contributed by atoms with Gasteiger partial charge in [-0.1, -0.05) is 0 Å². The van der Waals surface area contributed by atoms with Gasteiger partial charge in [0.05, 0.1) is 13.2 Å². The molecule has 4 heteroatoms. The maximum Gasteiger partial charge on any atom is 0.0594 e. The van der Waals surface area contributed by atoms with E-state index in [0.29, 0.717) is 6.04 Å². The van der Waals surface area contributed by atoms with E-state index in [-0.39, 0.29) is 0 Å². The normalized spacial score (nSPS) is 29.4. The van der Waals surface area contributed by atoms with Gasteiger partial charge in [-0.2, -0.15) is 11.8 Å². The van der Waals surface area contributed by atoms with Gasteiger partial charge in [-0.15, -0.1) is 0 Å². The highest BCUT2D eigenvalue weighted by molar-refractivity contribution is 7.99. The third-order valence-electron chi connectivity index (χ3n) is 3.41. The number of morpholine rings is 1. The van der Waals surface area contributed by atoms with Gasteiger partial charge in [0.25, 0.3) is 0 Å². The zero-order valence-corrected chi connectivity index (χ0v) is 11.1. The molecule has 16 heavy (non-hydrogen) atoms. The minimum atomic E-state index is 0.615. The summed E-state index contributed by atoms with van der Waals surface area (Å²) in [7, 11) is 0. The summed E-state index contributed by atoms with van der Waals surface area (Å²) in [6.45, 7) is 8.70. The van der Waals surface area contributed by atoms with Gasteiger partial charge in [-0.3, -0.25) is 4.90 Å². The lowest BCUT2D eigenvalue weighted by Gasteiger charge is -2.29. The first-order valence-electron chi connectivity index (χ1n) is 6.46. The van der Waals surface area contributed by atoms with E-state index < -0.39 is 0 Å². The molecule has 0 radical (unpaired) electrons. The fourth-order valence-corrected chi connectivity index (χ4v) is 3.63. The number of rotatable bonds is 5. The van der Waals surface area contributed by atoms with Crippen LogP contribution < -0.4 is 5.32 Å². The largest absolute Gasteiger partial charge is 0.379 e. The van der Waals surface area contributed by atoms with Crippen molar-refractivity contribution in [3.8, 4) is 0 Å². The Morgan fingerprint density at radius 3 is 2.94 bits per heavy atom. The van der Waals surface area contributed by atoms with Crippen LogP contribution in [0.5, 0.6) is 0 Å². The molecular formula is C12H24N2OS. The third-order valence-corrected chi connectivity index (χ3v) is 4.65. The Morgan fingerprint density at radius 1 is 1.44 bits per heavy atom. The molecule has 0 aromatic carbocycles. The number of hydrogen-bond acceptors (Lipinski definition) is 4. The fourth-order valence-electron chi connectivity index (χ4n) is 2.35. The van der Waals surface area contributed by atoms with Gasteiger partial charge in [0.1, 0.15) is 0 Å². The third kappa shape index (κ3) is 4.24. The van der Waals surface area contributed by atoms with Crippen molar-refractivity contribution in [2.45, 2.75) is 19.4 Å². The Labute approximate surface area is 103 Å². The van der Waals surface area contributed by atoms with Crippen LogP contribution in [0.2, 0.25) is 0 Å². The zero-order valence-electron chi connectivity index (χ0n) is 10.3. The quantitative estimate of drug-likeness (QED) is 0.781. The lowest BCUT2D eigenvalue weighted by molar-refractivity contribution is 0.0343. The first-order chi connectivity index (χ1) is 7.84. The molecule has 94 valence electrons. The zero-order chi connectivity index (χ0) is 11.2. The SMILES string of the molecule is CC(CN1CCOCC1)NCC1CCSC1. The van der Waals surface area contributed by atoms with Crippen molar-refractivity contribution in [3.63, 3.8) is 0 Å². The van der Waals surface area contributed by atoms with Gasteiger partial charge in [-0.25, -0.2) is 0 Å². The second-order valence-corrected chi connectivity index (χ2v) is 6.10. The maximum atomic E-state index is 5.36. The van der Waals surface area contributed by atoms with Crippen LogP contribution in [-0.4, -0.2) is 61.8 Å². The highest BCUT2D eigenvalue weighted by Gasteiger charge is 2.17. The molecule has 0 amide bonds. The predicted molar refractivity (Wildman–Crippen MR) is 70.2 cm³/mol. The van der Waals surface area contributed by atoms with Crippen molar-refractivity contribution in [1.82, 2.24) is 10.2 Å². The summed E-state index contributed by atoms with van der Waals surface area (Å²) in [6.07, 6.45) is 1.40. The standard InChI is InChI=1S/C12H24N2OS/c1-11(9-14-3-5-15-6-4-14)13-8-12-2-7-16-10-12/h11-13H,2-10H2,1H3. The van der Waals surface area contributed by atoms with Gasteiger partial charge in [0, 0.05) is 25.7 Å². The molecule has 0 aromatic rings. The number of thioether (sulfide) groups is 1. The average molecular weight is 244 g/mol. The summed E-state index contributed by atoms with van der Waals surface area (Å²) in [4.78, 5) is 2.50. The molecule has 2 unspecified atom stereocenters. The van der Waals surface area contributed by atoms with E-state index in [0.717, 1.165) is 32.2 Å². The Balaban J connectivity index is 1.57. The molecule has 2 rings (SSSR count). The smallest absolute Gasteiger partial charge is 0.0594 e. The Kier molecular flexibility index (Phi) is 5.42. The van der Waals surface area contributed by atoms with Crippen LogP contribution in [-0.2, 0) is 4.74 Å². The van der Waals surface area contributed by atoms with Crippen LogP contribution in [0.3, 0.4) is 0 Å². The van der Waals surface area contributed by atoms with E-state index in [1.54, 1.807) is 0 Å². The lowest BCUT2D eigenvalue weighted by Crippen LogP contribution is -2.45. The van der Waals surface area contributed by atoms with Crippen molar-refractivity contribution < 1.29 is 4.74 Å². The summed E-state index contributed by atoms with van der Waals surface area (Å²) >= 11 is 2.10. The number of nitrogens with one attached hydrogen (secondary N) is 1. The number of ether oxygens (including phenoxy) is 1. The van der Waals surface area contributed by atoms with Gasteiger partial charge in [0.15, 0.2) is 0 Å². The summed E-state index contributed by atoms with van der Waals surface area (Å²) in [5.41, 5.74) is 0. The van der Waals surface area contributed by atoms with E-state index >= 15 is 0 Å². The minimum absolute atomic E-state index is 0.615. The molecule has 0 aliphatic carbocycles. The highest BCUT2D eigenvalue weighted by atomic mass is 32.2. The number of nitrogens with zero attached hydrogens (tertiary/aromatic N) is 1. The molecule has 0 saturated carbocycles. The molecule has 3 nitrogen and oxygen atoms in total.